The Balaban J connectivity index is 1.87. The largest absolute Gasteiger partial charge is 0.493 e. The molecule has 0 spiro atoms. The van der Waals surface area contributed by atoms with Gasteiger partial charge in [-0.25, -0.2) is 4.79 Å². The highest BCUT2D eigenvalue weighted by Crippen LogP contribution is 2.38. The number of halogens is 2. The van der Waals surface area contributed by atoms with E-state index in [-0.39, 0.29) is 5.56 Å². The Morgan fingerprint density at radius 3 is 2.29 bits per heavy atom. The summed E-state index contributed by atoms with van der Waals surface area (Å²) in [6.07, 6.45) is 1.71. The monoisotopic (exact) mass is 541 g/mol. The highest BCUT2D eigenvalue weighted by molar-refractivity contribution is 9.10. The molecule has 0 unspecified atom stereocenters. The summed E-state index contributed by atoms with van der Waals surface area (Å²) in [7, 11) is 1.55. The van der Waals surface area contributed by atoms with E-state index in [9.17, 15) is 10.1 Å². The van der Waals surface area contributed by atoms with Crippen LogP contribution in [-0.4, -0.2) is 18.2 Å². The van der Waals surface area contributed by atoms with Gasteiger partial charge in [-0.1, -0.05) is 40.2 Å². The van der Waals surface area contributed by atoms with Gasteiger partial charge in [-0.15, -0.1) is 0 Å². The van der Waals surface area contributed by atoms with Crippen LogP contribution in [0.1, 0.15) is 27.0 Å². The second kappa shape index (κ2) is 10.3. The highest BCUT2D eigenvalue weighted by atomic mass is 79.9. The van der Waals surface area contributed by atoms with Crippen molar-refractivity contribution in [3.8, 4) is 17.6 Å². The molecular formula is C24H17Br2NO4. The van der Waals surface area contributed by atoms with Crippen molar-refractivity contribution in [1.82, 2.24) is 0 Å². The van der Waals surface area contributed by atoms with Gasteiger partial charge in [0.05, 0.1) is 28.8 Å². The van der Waals surface area contributed by atoms with E-state index < -0.39 is 5.97 Å². The fourth-order valence-corrected chi connectivity index (χ4v) is 3.68. The van der Waals surface area contributed by atoms with Gasteiger partial charge in [0.25, 0.3) is 0 Å². The number of rotatable bonds is 7. The van der Waals surface area contributed by atoms with Crippen molar-refractivity contribution in [2.24, 2.45) is 0 Å². The minimum Gasteiger partial charge on any atom is -0.493 e. The molecule has 0 heterocycles. The predicted molar refractivity (Wildman–Crippen MR) is 126 cm³/mol. The number of nitrogens with zero attached hydrogens (tertiary/aromatic N) is 1. The molecule has 0 saturated heterocycles. The first-order valence-electron chi connectivity index (χ1n) is 9.11. The number of ether oxygens (including phenoxy) is 2. The first-order chi connectivity index (χ1) is 14.9. The molecule has 3 aromatic carbocycles. The third-order valence-corrected chi connectivity index (χ3v) is 5.54. The molecule has 0 saturated carbocycles. The molecule has 3 aromatic rings. The number of allylic oxidation sites excluding steroid dienone is 1. The number of nitriles is 1. The lowest BCUT2D eigenvalue weighted by molar-refractivity contribution is 0.0697. The number of benzene rings is 3. The highest BCUT2D eigenvalue weighted by Gasteiger charge is 2.13. The molecule has 0 aliphatic rings. The maximum atomic E-state index is 11.0. The second-order valence-electron chi connectivity index (χ2n) is 6.50. The molecule has 0 radical (unpaired) electrons. The number of hydrogen-bond acceptors (Lipinski definition) is 4. The first-order valence-corrected chi connectivity index (χ1v) is 10.7. The summed E-state index contributed by atoms with van der Waals surface area (Å²) in [6, 6.07) is 19.8. The van der Waals surface area contributed by atoms with Crippen molar-refractivity contribution in [3.05, 3.63) is 91.9 Å². The van der Waals surface area contributed by atoms with Crippen LogP contribution in [0.5, 0.6) is 11.5 Å². The number of aromatic carboxylic acids is 1. The quantitative estimate of drug-likeness (QED) is 0.270. The van der Waals surface area contributed by atoms with Gasteiger partial charge in [-0.2, -0.15) is 5.26 Å². The van der Waals surface area contributed by atoms with E-state index in [1.807, 2.05) is 30.3 Å². The number of hydrogen-bond donors (Lipinski definition) is 1. The van der Waals surface area contributed by atoms with Crippen molar-refractivity contribution < 1.29 is 19.4 Å². The third-order valence-electron chi connectivity index (χ3n) is 4.42. The molecule has 3 rings (SSSR count). The molecular weight excluding hydrogens is 526 g/mol. The summed E-state index contributed by atoms with van der Waals surface area (Å²) >= 11 is 6.94. The lowest BCUT2D eigenvalue weighted by atomic mass is 10.0. The Kier molecular flexibility index (Phi) is 7.50. The van der Waals surface area contributed by atoms with Gasteiger partial charge in [-0.05, 0) is 75.1 Å². The van der Waals surface area contributed by atoms with E-state index in [1.54, 1.807) is 31.4 Å². The predicted octanol–water partition coefficient (Wildman–Crippen LogP) is 6.56. The Bertz CT molecular complexity index is 1160. The van der Waals surface area contributed by atoms with Gasteiger partial charge in [-0.3, -0.25) is 0 Å². The molecule has 7 heteroatoms. The van der Waals surface area contributed by atoms with Crippen molar-refractivity contribution in [3.63, 3.8) is 0 Å². The third kappa shape index (κ3) is 5.75. The number of methoxy groups -OCH3 is 1. The van der Waals surface area contributed by atoms with E-state index in [1.165, 1.54) is 12.1 Å². The molecule has 156 valence electrons. The van der Waals surface area contributed by atoms with Gasteiger partial charge in [0.15, 0.2) is 11.5 Å². The molecule has 1 N–H and O–H groups in total. The van der Waals surface area contributed by atoms with Crippen LogP contribution in [0.3, 0.4) is 0 Å². The number of carbonyl (C=O) groups is 1. The van der Waals surface area contributed by atoms with E-state index in [0.29, 0.717) is 33.7 Å². The van der Waals surface area contributed by atoms with E-state index >= 15 is 0 Å². The van der Waals surface area contributed by atoms with E-state index in [4.69, 9.17) is 14.6 Å². The maximum Gasteiger partial charge on any atom is 0.335 e. The molecule has 0 atom stereocenters. The van der Waals surface area contributed by atoms with Crippen molar-refractivity contribution in [2.75, 3.05) is 7.11 Å². The number of carboxylic acids is 1. The zero-order valence-electron chi connectivity index (χ0n) is 16.4. The molecule has 5 nitrogen and oxygen atoms in total. The SMILES string of the molecule is COc1cc(/C=C(/C#N)c2ccc(C(=O)O)cc2)cc(Br)c1OCc1ccc(Br)cc1. The Morgan fingerprint density at radius 1 is 1.06 bits per heavy atom. The zero-order chi connectivity index (χ0) is 22.4. The smallest absolute Gasteiger partial charge is 0.335 e. The molecule has 0 fully saturated rings. The summed E-state index contributed by atoms with van der Waals surface area (Å²) < 4.78 is 13.1. The van der Waals surface area contributed by atoms with E-state index in [0.717, 1.165) is 15.6 Å². The van der Waals surface area contributed by atoms with Crippen LogP contribution < -0.4 is 9.47 Å². The zero-order valence-corrected chi connectivity index (χ0v) is 19.6. The lowest BCUT2D eigenvalue weighted by Gasteiger charge is -2.14. The first kappa shape index (κ1) is 22.6. The summed E-state index contributed by atoms with van der Waals surface area (Å²) in [5.41, 5.74) is 2.93. The minimum absolute atomic E-state index is 0.165. The van der Waals surface area contributed by atoms with Gasteiger partial charge in [0.2, 0.25) is 0 Å². The second-order valence-corrected chi connectivity index (χ2v) is 8.27. The van der Waals surface area contributed by atoms with Gasteiger partial charge in [0, 0.05) is 4.47 Å². The van der Waals surface area contributed by atoms with Crippen molar-refractivity contribution in [2.45, 2.75) is 6.61 Å². The van der Waals surface area contributed by atoms with Crippen LogP contribution >= 0.6 is 31.9 Å². The topological polar surface area (TPSA) is 79.5 Å². The van der Waals surface area contributed by atoms with Crippen LogP contribution in [0.15, 0.2) is 69.6 Å². The van der Waals surface area contributed by atoms with Crippen LogP contribution in [0.4, 0.5) is 0 Å². The standard InChI is InChI=1S/C24H17Br2NO4/c1-30-22-12-16(10-19(13-27)17-4-6-18(7-5-17)24(28)29)11-21(26)23(22)31-14-15-2-8-20(25)9-3-15/h2-12H,14H2,1H3,(H,28,29)/b19-10-. The average molecular weight is 543 g/mol. The molecule has 31 heavy (non-hydrogen) atoms. The fraction of sp³-hybridized carbons (Fsp3) is 0.0833. The Labute approximate surface area is 196 Å². The Hall–Kier alpha value is -3.08. The molecule has 0 bridgehead atoms. The molecule has 0 aliphatic heterocycles. The molecule has 0 aromatic heterocycles. The van der Waals surface area contributed by atoms with Crippen LogP contribution in [0, 0.1) is 11.3 Å². The number of carboxylic acid groups (broad SMARTS) is 1. The summed E-state index contributed by atoms with van der Waals surface area (Å²) in [4.78, 5) is 11.0. The van der Waals surface area contributed by atoms with Crippen molar-refractivity contribution in [1.29, 1.82) is 5.26 Å². The maximum absolute atomic E-state index is 11.0. The van der Waals surface area contributed by atoms with Gasteiger partial charge >= 0.3 is 5.97 Å². The minimum atomic E-state index is -1.01. The van der Waals surface area contributed by atoms with Gasteiger partial charge < -0.3 is 14.6 Å². The van der Waals surface area contributed by atoms with E-state index in [2.05, 4.69) is 37.9 Å². The lowest BCUT2D eigenvalue weighted by Crippen LogP contribution is -1.99. The fourth-order valence-electron chi connectivity index (χ4n) is 2.84. The average Bonchev–Trinajstić information content (AvgIpc) is 2.77. The molecule has 0 aliphatic carbocycles. The molecule has 0 amide bonds. The van der Waals surface area contributed by atoms with Crippen LogP contribution in [0.2, 0.25) is 0 Å². The summed E-state index contributed by atoms with van der Waals surface area (Å²) in [5.74, 6) is 0.0737. The summed E-state index contributed by atoms with van der Waals surface area (Å²) in [5, 5.41) is 18.6. The normalized spacial score (nSPS) is 11.0. The summed E-state index contributed by atoms with van der Waals surface area (Å²) in [6.45, 7) is 0.372. The van der Waals surface area contributed by atoms with Crippen LogP contribution in [-0.2, 0) is 6.61 Å². The van der Waals surface area contributed by atoms with Crippen LogP contribution in [0.25, 0.3) is 11.6 Å². The Morgan fingerprint density at radius 2 is 1.71 bits per heavy atom. The van der Waals surface area contributed by atoms with Crippen molar-refractivity contribution >= 4 is 49.5 Å². The van der Waals surface area contributed by atoms with Gasteiger partial charge in [0.1, 0.15) is 6.61 Å².